The summed E-state index contributed by atoms with van der Waals surface area (Å²) in [7, 11) is 10.0. The van der Waals surface area contributed by atoms with Crippen LogP contribution in [0, 0.1) is 0 Å². The van der Waals surface area contributed by atoms with Crippen molar-refractivity contribution < 1.29 is 41.4 Å². The van der Waals surface area contributed by atoms with Gasteiger partial charge in [-0.2, -0.15) is 0 Å². The molecule has 4 aromatic rings. The van der Waals surface area contributed by atoms with E-state index in [1.165, 1.54) is 26.9 Å². The molecule has 4 aromatic carbocycles. The maximum atomic E-state index is 6.29. The Kier molecular flexibility index (Phi) is 16.7. The average molecular weight is 794 g/mol. The number of nitrogens with zero attached hydrogens (tertiary/aromatic N) is 1. The third kappa shape index (κ3) is 13.8. The first-order chi connectivity index (χ1) is 24.6. The molecular formula is C36H45NO9P2S3. The van der Waals surface area contributed by atoms with E-state index in [2.05, 4.69) is 18.2 Å². The van der Waals surface area contributed by atoms with Crippen molar-refractivity contribution in [3.8, 4) is 23.0 Å². The molecule has 0 N–H and O–H groups in total. The molecule has 10 nitrogen and oxygen atoms in total. The van der Waals surface area contributed by atoms with Crippen LogP contribution in [0.1, 0.15) is 11.1 Å². The Balaban J connectivity index is 1.28. The van der Waals surface area contributed by atoms with E-state index in [0.717, 1.165) is 39.7 Å². The van der Waals surface area contributed by atoms with Crippen molar-refractivity contribution in [3.05, 3.63) is 108 Å². The molecule has 2 atom stereocenters. The third-order valence-electron chi connectivity index (χ3n) is 7.29. The lowest BCUT2D eigenvalue weighted by Gasteiger charge is -2.25. The number of likely N-dealkylation sites (N-methyl/N-ethyl adjacent to an activating group) is 1. The normalized spacial score (nSPS) is 13.4. The largest absolute Gasteiger partial charge is 0.497 e. The second-order valence-corrected chi connectivity index (χ2v) is 18.6. The summed E-state index contributed by atoms with van der Waals surface area (Å²) in [6.07, 6.45) is 1.38. The summed E-state index contributed by atoms with van der Waals surface area (Å²) < 4.78 is 51.3. The van der Waals surface area contributed by atoms with Gasteiger partial charge in [0, 0.05) is 61.3 Å². The van der Waals surface area contributed by atoms with Gasteiger partial charge in [-0.05, 0) is 105 Å². The summed E-state index contributed by atoms with van der Waals surface area (Å²) in [6.45, 7) is -5.14. The van der Waals surface area contributed by atoms with Crippen molar-refractivity contribution in [1.82, 2.24) is 4.90 Å². The topological polar surface area (TPSA) is 86.3 Å². The number of hydrogen-bond donors (Lipinski definition) is 0. The van der Waals surface area contributed by atoms with E-state index >= 15 is 0 Å². The molecule has 0 bridgehead atoms. The highest BCUT2D eigenvalue weighted by atomic mass is 32.5. The summed E-state index contributed by atoms with van der Waals surface area (Å²) in [5, 5.41) is 0. The van der Waals surface area contributed by atoms with Gasteiger partial charge in [0.15, 0.2) is 6.79 Å². The molecule has 0 aliphatic heterocycles. The molecule has 0 spiro atoms. The molecule has 0 fully saturated rings. The predicted octanol–water partition coefficient (Wildman–Crippen LogP) is 8.78. The standard InChI is InChI=1S/C36H45NO9P2S3/c1-37(2)25-33(26-42-36-13-8-7-11-29(36)15-14-28-10-9-12-32(24-28)38-3)43-27-44-48(50,41-6)46-31-18-22-35(23-19-31)51-34-20-16-30(17-21-34)45-47(49,39-4)40-5/h7-13,16-24,33H,14-15,25-27H2,1-6H3. The lowest BCUT2D eigenvalue weighted by Crippen LogP contribution is -2.34. The van der Waals surface area contributed by atoms with Crippen LogP contribution in [0.2, 0.25) is 0 Å². The second kappa shape index (κ2) is 20.7. The molecule has 51 heavy (non-hydrogen) atoms. The lowest BCUT2D eigenvalue weighted by molar-refractivity contribution is -0.0644. The number of benzene rings is 4. The minimum absolute atomic E-state index is 0.124. The predicted molar refractivity (Wildman–Crippen MR) is 210 cm³/mol. The van der Waals surface area contributed by atoms with Gasteiger partial charge in [-0.15, -0.1) is 0 Å². The van der Waals surface area contributed by atoms with E-state index in [-0.39, 0.29) is 12.9 Å². The van der Waals surface area contributed by atoms with Crippen LogP contribution >= 0.6 is 25.2 Å². The number of aryl methyl sites for hydroxylation is 2. The zero-order valence-corrected chi connectivity index (χ0v) is 33.8. The summed E-state index contributed by atoms with van der Waals surface area (Å²) >= 11 is 12.5. The van der Waals surface area contributed by atoms with Crippen LogP contribution in [-0.4, -0.2) is 73.5 Å². The van der Waals surface area contributed by atoms with Crippen LogP contribution < -0.4 is 18.5 Å². The summed E-state index contributed by atoms with van der Waals surface area (Å²) in [4.78, 5) is 4.04. The number of methoxy groups -OCH3 is 1. The quantitative estimate of drug-likeness (QED) is 0.0562. The van der Waals surface area contributed by atoms with Crippen molar-refractivity contribution in [1.29, 1.82) is 0 Å². The molecule has 2 unspecified atom stereocenters. The van der Waals surface area contributed by atoms with Gasteiger partial charge in [-0.25, -0.2) is 0 Å². The summed E-state index contributed by atoms with van der Waals surface area (Å²) in [5.41, 5.74) is 2.32. The molecule has 276 valence electrons. The first-order valence-electron chi connectivity index (χ1n) is 15.9. The second-order valence-electron chi connectivity index (χ2n) is 11.2. The van der Waals surface area contributed by atoms with Crippen molar-refractivity contribution in [2.75, 3.05) is 62.5 Å². The van der Waals surface area contributed by atoms with Crippen LogP contribution in [0.15, 0.2) is 107 Å². The molecule has 0 saturated heterocycles. The summed E-state index contributed by atoms with van der Waals surface area (Å²) in [6, 6.07) is 31.2. The SMILES string of the molecule is COc1cccc(CCc2ccccc2OCC(CN(C)C)OCOP(=S)(OC)Oc2ccc(Sc3ccc(OP(=S)(OC)OC)cc3)cc2)c1. The Bertz CT molecular complexity index is 1740. The molecule has 15 heteroatoms. The van der Waals surface area contributed by atoms with E-state index in [1.807, 2.05) is 97.9 Å². The fourth-order valence-electron chi connectivity index (χ4n) is 4.69. The Morgan fingerprint density at radius 2 is 1.29 bits per heavy atom. The molecule has 0 aliphatic carbocycles. The molecule has 0 aliphatic rings. The van der Waals surface area contributed by atoms with Gasteiger partial charge in [0.05, 0.1) is 7.11 Å². The van der Waals surface area contributed by atoms with Gasteiger partial charge in [-0.1, -0.05) is 42.1 Å². The monoisotopic (exact) mass is 793 g/mol. The van der Waals surface area contributed by atoms with Crippen molar-refractivity contribution in [2.45, 2.75) is 28.7 Å². The van der Waals surface area contributed by atoms with Crippen molar-refractivity contribution in [3.63, 3.8) is 0 Å². The fourth-order valence-corrected chi connectivity index (χ4v) is 7.63. The Morgan fingerprint density at radius 3 is 1.88 bits per heavy atom. The first-order valence-corrected chi connectivity index (χ1v) is 21.9. The van der Waals surface area contributed by atoms with E-state index in [4.69, 9.17) is 65.0 Å². The van der Waals surface area contributed by atoms with Crippen molar-refractivity contribution >= 4 is 48.8 Å². The van der Waals surface area contributed by atoms with E-state index < -0.39 is 13.4 Å². The van der Waals surface area contributed by atoms with Gasteiger partial charge in [-0.3, -0.25) is 4.52 Å². The minimum Gasteiger partial charge on any atom is -0.497 e. The van der Waals surface area contributed by atoms with Gasteiger partial charge in [0.2, 0.25) is 0 Å². The van der Waals surface area contributed by atoms with Crippen LogP contribution in [-0.2, 0) is 59.3 Å². The van der Waals surface area contributed by atoms with Gasteiger partial charge >= 0.3 is 13.4 Å². The number of hydrogen-bond acceptors (Lipinski definition) is 13. The molecule has 0 heterocycles. The van der Waals surface area contributed by atoms with E-state index in [0.29, 0.717) is 24.7 Å². The highest BCUT2D eigenvalue weighted by molar-refractivity contribution is 8.08. The van der Waals surface area contributed by atoms with Crippen molar-refractivity contribution in [2.24, 2.45) is 0 Å². The zero-order chi connectivity index (χ0) is 36.7. The van der Waals surface area contributed by atoms with Crippen LogP contribution in [0.5, 0.6) is 23.0 Å². The first kappa shape index (κ1) is 41.2. The van der Waals surface area contributed by atoms with Crippen LogP contribution in [0.3, 0.4) is 0 Å². The number of para-hydroxylation sites is 1. The van der Waals surface area contributed by atoms with Gasteiger partial charge < -0.3 is 41.7 Å². The smallest absolute Gasteiger partial charge is 0.382 e. The highest BCUT2D eigenvalue weighted by Crippen LogP contribution is 2.50. The number of ether oxygens (including phenoxy) is 3. The van der Waals surface area contributed by atoms with Crippen LogP contribution in [0.25, 0.3) is 0 Å². The molecule has 0 radical (unpaired) electrons. The Morgan fingerprint density at radius 1 is 0.686 bits per heavy atom. The molecule has 4 rings (SSSR count). The fraction of sp³-hybridized carbons (Fsp3) is 0.333. The van der Waals surface area contributed by atoms with Gasteiger partial charge in [0.1, 0.15) is 35.7 Å². The Labute approximate surface area is 316 Å². The molecule has 0 aromatic heterocycles. The third-order valence-corrected chi connectivity index (χ3v) is 13.0. The average Bonchev–Trinajstić information content (AvgIpc) is 3.14. The number of rotatable bonds is 22. The van der Waals surface area contributed by atoms with E-state index in [9.17, 15) is 0 Å². The zero-order valence-electron chi connectivity index (χ0n) is 29.6. The maximum Gasteiger partial charge on any atom is 0.382 e. The maximum absolute atomic E-state index is 6.29. The molecule has 0 amide bonds. The van der Waals surface area contributed by atoms with E-state index in [1.54, 1.807) is 18.9 Å². The lowest BCUT2D eigenvalue weighted by atomic mass is 10.0. The minimum atomic E-state index is -3.15. The highest BCUT2D eigenvalue weighted by Gasteiger charge is 2.23. The van der Waals surface area contributed by atoms with Gasteiger partial charge in [0.25, 0.3) is 0 Å². The molecular weight excluding hydrogens is 749 g/mol. The van der Waals surface area contributed by atoms with Crippen LogP contribution in [0.4, 0.5) is 0 Å². The Hall–Kier alpha value is -2.51. The molecule has 0 saturated carbocycles. The summed E-state index contributed by atoms with van der Waals surface area (Å²) in [5.74, 6) is 2.77.